The minimum Gasteiger partial charge on any atom is -0.345 e. The van der Waals surface area contributed by atoms with Gasteiger partial charge in [0.1, 0.15) is 0 Å². The maximum atomic E-state index is 13.1. The minimum absolute atomic E-state index is 0.0212. The van der Waals surface area contributed by atoms with Gasteiger partial charge in [-0.1, -0.05) is 31.2 Å². The molecular formula is C25H29N3OS. The van der Waals surface area contributed by atoms with Crippen molar-refractivity contribution in [3.8, 4) is 0 Å². The number of piperidine rings is 1. The van der Waals surface area contributed by atoms with E-state index in [-0.39, 0.29) is 11.9 Å². The van der Waals surface area contributed by atoms with Crippen LogP contribution in [0.4, 0.5) is 0 Å². The Balaban J connectivity index is 1.36. The molecule has 1 aliphatic carbocycles. The number of nitrogens with zero attached hydrogens (tertiary/aromatic N) is 2. The fourth-order valence-electron chi connectivity index (χ4n) is 4.96. The van der Waals surface area contributed by atoms with Crippen LogP contribution >= 0.6 is 11.3 Å². The molecule has 3 aromatic rings. The summed E-state index contributed by atoms with van der Waals surface area (Å²) < 4.78 is 1.14. The third-order valence-corrected chi connectivity index (χ3v) is 7.95. The number of hydrogen-bond acceptors (Lipinski definition) is 4. The van der Waals surface area contributed by atoms with E-state index in [2.05, 4.69) is 48.3 Å². The van der Waals surface area contributed by atoms with Crippen molar-refractivity contribution < 1.29 is 4.79 Å². The van der Waals surface area contributed by atoms with Crippen LogP contribution in [0.5, 0.6) is 0 Å². The van der Waals surface area contributed by atoms with Crippen LogP contribution in [0.2, 0.25) is 0 Å². The van der Waals surface area contributed by atoms with E-state index in [0.29, 0.717) is 5.92 Å². The summed E-state index contributed by atoms with van der Waals surface area (Å²) in [6, 6.07) is 12.6. The molecule has 2 aromatic carbocycles. The lowest BCUT2D eigenvalue weighted by molar-refractivity contribution is 0.0937. The van der Waals surface area contributed by atoms with Crippen molar-refractivity contribution in [2.75, 3.05) is 19.6 Å². The molecule has 1 atom stereocenters. The Labute approximate surface area is 182 Å². The van der Waals surface area contributed by atoms with E-state index in [0.717, 1.165) is 53.8 Å². The molecular weight excluding hydrogens is 390 g/mol. The molecule has 1 aromatic heterocycles. The molecule has 0 bridgehead atoms. The van der Waals surface area contributed by atoms with Crippen LogP contribution in [0.3, 0.4) is 0 Å². The standard InChI is InChI=1S/C25H29N3OS/c1-3-28-12-10-18(11-13-28)25-27-23-16(2)14-19(15-22(23)30-25)24(29)26-21-9-8-17-6-4-5-7-20(17)21/h4-7,14-15,18,21H,3,8-13H2,1-2H3,(H,26,29). The molecule has 156 valence electrons. The van der Waals surface area contributed by atoms with Gasteiger partial charge in [-0.3, -0.25) is 4.79 Å². The van der Waals surface area contributed by atoms with Gasteiger partial charge in [0.25, 0.3) is 5.91 Å². The molecule has 2 aliphatic rings. The predicted octanol–water partition coefficient (Wildman–Crippen LogP) is 5.22. The van der Waals surface area contributed by atoms with Gasteiger partial charge in [0.05, 0.1) is 21.3 Å². The molecule has 30 heavy (non-hydrogen) atoms. The fourth-order valence-corrected chi connectivity index (χ4v) is 6.22. The molecule has 1 saturated heterocycles. The van der Waals surface area contributed by atoms with Gasteiger partial charge in [-0.15, -0.1) is 11.3 Å². The van der Waals surface area contributed by atoms with Crippen molar-refractivity contribution in [1.82, 2.24) is 15.2 Å². The number of nitrogens with one attached hydrogen (secondary N) is 1. The highest BCUT2D eigenvalue weighted by atomic mass is 32.1. The quantitative estimate of drug-likeness (QED) is 0.630. The first kappa shape index (κ1) is 19.7. The summed E-state index contributed by atoms with van der Waals surface area (Å²) in [7, 11) is 0. The van der Waals surface area contributed by atoms with Gasteiger partial charge in [-0.25, -0.2) is 4.98 Å². The second-order valence-corrected chi connectivity index (χ2v) is 9.73. The smallest absolute Gasteiger partial charge is 0.251 e. The summed E-state index contributed by atoms with van der Waals surface area (Å²) in [4.78, 5) is 20.6. The summed E-state index contributed by atoms with van der Waals surface area (Å²) in [6.07, 6.45) is 4.38. The van der Waals surface area contributed by atoms with Crippen molar-refractivity contribution in [3.05, 3.63) is 63.7 Å². The number of benzene rings is 2. The number of carbonyl (C=O) groups is 1. The van der Waals surface area contributed by atoms with Crippen molar-refractivity contribution >= 4 is 27.5 Å². The van der Waals surface area contributed by atoms with Gasteiger partial charge < -0.3 is 10.2 Å². The second kappa shape index (κ2) is 8.12. The molecule has 1 amide bonds. The number of hydrogen-bond donors (Lipinski definition) is 1. The fraction of sp³-hybridized carbons (Fsp3) is 0.440. The van der Waals surface area contributed by atoms with E-state index in [1.807, 2.05) is 12.1 Å². The first-order valence-electron chi connectivity index (χ1n) is 11.1. The predicted molar refractivity (Wildman–Crippen MR) is 123 cm³/mol. The third kappa shape index (κ3) is 3.65. The average molecular weight is 420 g/mol. The van der Waals surface area contributed by atoms with Crippen LogP contribution in [-0.4, -0.2) is 35.4 Å². The molecule has 1 aliphatic heterocycles. The number of aryl methyl sites for hydroxylation is 2. The maximum Gasteiger partial charge on any atom is 0.251 e. The van der Waals surface area contributed by atoms with E-state index in [1.165, 1.54) is 29.0 Å². The Morgan fingerprint density at radius 3 is 2.80 bits per heavy atom. The van der Waals surface area contributed by atoms with E-state index in [1.54, 1.807) is 11.3 Å². The zero-order chi connectivity index (χ0) is 20.7. The summed E-state index contributed by atoms with van der Waals surface area (Å²) in [6.45, 7) is 7.76. The SMILES string of the molecule is CCN1CCC(c2nc3c(C)cc(C(=O)NC4CCc5ccccc54)cc3s2)CC1. The number of carbonyl (C=O) groups excluding carboxylic acids is 1. The summed E-state index contributed by atoms with van der Waals surface area (Å²) in [5.41, 5.74) is 5.53. The van der Waals surface area contributed by atoms with Gasteiger partial charge in [0.15, 0.2) is 0 Å². The van der Waals surface area contributed by atoms with Crippen LogP contribution in [0.15, 0.2) is 36.4 Å². The lowest BCUT2D eigenvalue weighted by Crippen LogP contribution is -2.32. The Bertz CT molecular complexity index is 1080. The third-order valence-electron chi connectivity index (χ3n) is 6.79. The van der Waals surface area contributed by atoms with E-state index in [4.69, 9.17) is 4.98 Å². The van der Waals surface area contributed by atoms with Gasteiger partial charge >= 0.3 is 0 Å². The lowest BCUT2D eigenvalue weighted by Gasteiger charge is -2.29. The van der Waals surface area contributed by atoms with Crippen LogP contribution in [0.25, 0.3) is 10.2 Å². The molecule has 4 nitrogen and oxygen atoms in total. The topological polar surface area (TPSA) is 45.2 Å². The number of likely N-dealkylation sites (tertiary alicyclic amines) is 1. The first-order chi connectivity index (χ1) is 14.6. The highest BCUT2D eigenvalue weighted by Gasteiger charge is 2.25. The first-order valence-corrected chi connectivity index (χ1v) is 12.0. The summed E-state index contributed by atoms with van der Waals surface area (Å²) in [5, 5.41) is 4.51. The zero-order valence-electron chi connectivity index (χ0n) is 17.8. The van der Waals surface area contributed by atoms with Gasteiger partial charge in [0, 0.05) is 11.5 Å². The Kier molecular flexibility index (Phi) is 5.34. The summed E-state index contributed by atoms with van der Waals surface area (Å²) in [5.74, 6) is 0.574. The van der Waals surface area contributed by atoms with Gasteiger partial charge in [-0.05, 0) is 81.1 Å². The molecule has 5 rings (SSSR count). The summed E-state index contributed by atoms with van der Waals surface area (Å²) >= 11 is 1.78. The lowest BCUT2D eigenvalue weighted by atomic mass is 9.97. The van der Waals surface area contributed by atoms with Crippen LogP contribution in [0.1, 0.15) is 70.2 Å². The highest BCUT2D eigenvalue weighted by Crippen LogP contribution is 2.36. The largest absolute Gasteiger partial charge is 0.345 e. The average Bonchev–Trinajstić information content (AvgIpc) is 3.39. The number of rotatable bonds is 4. The molecule has 1 unspecified atom stereocenters. The van der Waals surface area contributed by atoms with E-state index >= 15 is 0 Å². The maximum absolute atomic E-state index is 13.1. The Morgan fingerprint density at radius 2 is 2.00 bits per heavy atom. The van der Waals surface area contributed by atoms with E-state index in [9.17, 15) is 4.79 Å². The second-order valence-electron chi connectivity index (χ2n) is 8.66. The van der Waals surface area contributed by atoms with Crippen LogP contribution in [-0.2, 0) is 6.42 Å². The van der Waals surface area contributed by atoms with Crippen LogP contribution < -0.4 is 5.32 Å². The van der Waals surface area contributed by atoms with E-state index < -0.39 is 0 Å². The number of fused-ring (bicyclic) bond motifs is 2. The monoisotopic (exact) mass is 419 g/mol. The van der Waals surface area contributed by atoms with Crippen molar-refractivity contribution in [2.24, 2.45) is 0 Å². The Morgan fingerprint density at radius 1 is 1.20 bits per heavy atom. The molecule has 0 saturated carbocycles. The molecule has 5 heteroatoms. The van der Waals surface area contributed by atoms with Crippen LogP contribution in [0, 0.1) is 6.92 Å². The van der Waals surface area contributed by atoms with Crippen molar-refractivity contribution in [1.29, 1.82) is 0 Å². The molecule has 1 fully saturated rings. The number of aromatic nitrogens is 1. The zero-order valence-corrected chi connectivity index (χ0v) is 18.6. The van der Waals surface area contributed by atoms with Gasteiger partial charge in [-0.2, -0.15) is 0 Å². The molecule has 0 radical (unpaired) electrons. The molecule has 2 heterocycles. The van der Waals surface area contributed by atoms with Crippen molar-refractivity contribution in [3.63, 3.8) is 0 Å². The molecule has 1 N–H and O–H groups in total. The normalized spacial score (nSPS) is 19.9. The van der Waals surface area contributed by atoms with Gasteiger partial charge in [0.2, 0.25) is 0 Å². The number of amides is 1. The number of thiazole rings is 1. The Hall–Kier alpha value is -2.24. The highest BCUT2D eigenvalue weighted by molar-refractivity contribution is 7.18. The minimum atomic E-state index is 0.0212. The molecule has 0 spiro atoms. The van der Waals surface area contributed by atoms with Crippen molar-refractivity contribution in [2.45, 2.75) is 51.5 Å².